The van der Waals surface area contributed by atoms with Crippen LogP contribution in [0, 0.1) is 0 Å². The molecule has 7 aromatic rings. The summed E-state index contributed by atoms with van der Waals surface area (Å²) in [5.41, 5.74) is 0. The topological polar surface area (TPSA) is 52.6 Å². The molecule has 0 atom stereocenters. The highest BCUT2D eigenvalue weighted by Crippen LogP contribution is 2.54. The van der Waals surface area contributed by atoms with Crippen LogP contribution < -0.4 is 9.47 Å². The molecule has 0 bridgehead atoms. The maximum atomic E-state index is 13.6. The number of unbranched alkanes of at least 4 members (excludes halogenated alkanes) is 16. The second-order valence-corrected chi connectivity index (χ2v) is 15.3. The first-order valence-corrected chi connectivity index (χ1v) is 20.6. The molecule has 4 nitrogen and oxygen atoms in total. The van der Waals surface area contributed by atoms with E-state index in [4.69, 9.17) is 9.47 Å². The van der Waals surface area contributed by atoms with Crippen molar-refractivity contribution in [2.45, 2.75) is 142 Å². The molecule has 4 heteroatoms. The second kappa shape index (κ2) is 17.1. The summed E-state index contributed by atoms with van der Waals surface area (Å²) in [7, 11) is 0. The third kappa shape index (κ3) is 7.49. The lowest BCUT2D eigenvalue weighted by Gasteiger charge is -2.23. The van der Waals surface area contributed by atoms with E-state index in [0.29, 0.717) is 24.3 Å². The summed E-state index contributed by atoms with van der Waals surface area (Å²) in [4.78, 5) is 27.2. The van der Waals surface area contributed by atoms with Crippen molar-refractivity contribution in [1.82, 2.24) is 0 Å². The Morgan fingerprint density at radius 3 is 0.962 bits per heavy atom. The zero-order valence-corrected chi connectivity index (χ0v) is 31.5. The standard InChI is InChI=1S/C48H56O4/c1-3-5-7-9-11-13-15-17-19-21-39(49)51-47-37-31-29-35-27-25-33-23-24-34-26-28-36-30-32-38(46-44(36)42(34)41(33)43(35)45(37)46)48(47)52-40(50)22-20-18-16-14-12-10-8-6-4-2/h23-32H,3-22H2,1-2H3. The highest BCUT2D eigenvalue weighted by Gasteiger charge is 2.27. The van der Waals surface area contributed by atoms with Crippen molar-refractivity contribution in [3.05, 3.63) is 60.7 Å². The van der Waals surface area contributed by atoms with Crippen molar-refractivity contribution < 1.29 is 19.1 Å². The van der Waals surface area contributed by atoms with Gasteiger partial charge in [0.1, 0.15) is 0 Å². The van der Waals surface area contributed by atoms with Gasteiger partial charge in [0.15, 0.2) is 11.5 Å². The molecule has 0 aliphatic carbocycles. The Labute approximate surface area is 309 Å². The molecule has 0 aliphatic rings. The third-order valence-corrected chi connectivity index (χ3v) is 11.5. The van der Waals surface area contributed by atoms with E-state index >= 15 is 0 Å². The minimum atomic E-state index is -0.265. The van der Waals surface area contributed by atoms with Gasteiger partial charge in [0, 0.05) is 34.4 Å². The van der Waals surface area contributed by atoms with Crippen LogP contribution in [0.3, 0.4) is 0 Å². The summed E-state index contributed by atoms with van der Waals surface area (Å²) < 4.78 is 12.7. The predicted octanol–water partition coefficient (Wildman–Crippen LogP) is 14.6. The molecule has 7 aromatic carbocycles. The zero-order valence-electron chi connectivity index (χ0n) is 31.5. The van der Waals surface area contributed by atoms with Crippen LogP contribution in [0.1, 0.15) is 142 Å². The summed E-state index contributed by atoms with van der Waals surface area (Å²) in [6.45, 7) is 4.50. The predicted molar refractivity (Wildman–Crippen MR) is 220 cm³/mol. The summed E-state index contributed by atoms with van der Waals surface area (Å²) in [6.07, 6.45) is 22.0. The first kappa shape index (κ1) is 36.2. The fourth-order valence-electron chi connectivity index (χ4n) is 8.70. The Balaban J connectivity index is 1.18. The van der Waals surface area contributed by atoms with Crippen LogP contribution in [0.4, 0.5) is 0 Å². The molecular formula is C48H56O4. The molecule has 0 heterocycles. The van der Waals surface area contributed by atoms with Gasteiger partial charge in [0.05, 0.1) is 0 Å². The molecule has 0 fully saturated rings. The zero-order chi connectivity index (χ0) is 35.9. The van der Waals surface area contributed by atoms with E-state index in [1.807, 2.05) is 0 Å². The molecule has 0 aromatic heterocycles. The van der Waals surface area contributed by atoms with Crippen molar-refractivity contribution in [1.29, 1.82) is 0 Å². The van der Waals surface area contributed by atoms with Crippen molar-refractivity contribution in [3.63, 3.8) is 0 Å². The Kier molecular flexibility index (Phi) is 11.9. The number of carbonyl (C=O) groups is 2. The normalized spacial score (nSPS) is 12.2. The van der Waals surface area contributed by atoms with Crippen molar-refractivity contribution >= 4 is 76.6 Å². The minimum absolute atomic E-state index is 0.265. The lowest BCUT2D eigenvalue weighted by molar-refractivity contribution is -0.137. The Morgan fingerprint density at radius 1 is 0.365 bits per heavy atom. The number of hydrogen-bond acceptors (Lipinski definition) is 4. The van der Waals surface area contributed by atoms with Gasteiger partial charge in [-0.15, -0.1) is 0 Å². The number of benzene rings is 7. The number of hydrogen-bond donors (Lipinski definition) is 0. The highest BCUT2D eigenvalue weighted by atomic mass is 16.6. The van der Waals surface area contributed by atoms with Gasteiger partial charge in [0.25, 0.3) is 0 Å². The van der Waals surface area contributed by atoms with Crippen molar-refractivity contribution in [3.8, 4) is 11.5 Å². The third-order valence-electron chi connectivity index (χ3n) is 11.5. The van der Waals surface area contributed by atoms with Gasteiger partial charge < -0.3 is 9.47 Å². The highest BCUT2D eigenvalue weighted by molar-refractivity contribution is 6.45. The monoisotopic (exact) mass is 696 g/mol. The molecule has 0 aliphatic heterocycles. The van der Waals surface area contributed by atoms with Crippen molar-refractivity contribution in [2.75, 3.05) is 0 Å². The number of rotatable bonds is 22. The van der Waals surface area contributed by atoms with Gasteiger partial charge in [-0.2, -0.15) is 0 Å². The van der Waals surface area contributed by atoms with Crippen molar-refractivity contribution in [2.24, 2.45) is 0 Å². The van der Waals surface area contributed by atoms with Crippen LogP contribution in [-0.4, -0.2) is 11.9 Å². The molecule has 272 valence electrons. The molecule has 52 heavy (non-hydrogen) atoms. The fraction of sp³-hybridized carbons (Fsp3) is 0.458. The quantitative estimate of drug-likeness (QED) is 0.0233. The lowest BCUT2D eigenvalue weighted by Crippen LogP contribution is -2.13. The summed E-state index contributed by atoms with van der Waals surface area (Å²) >= 11 is 0. The van der Waals surface area contributed by atoms with Gasteiger partial charge in [-0.1, -0.05) is 165 Å². The van der Waals surface area contributed by atoms with E-state index in [1.165, 1.54) is 109 Å². The molecule has 7 rings (SSSR count). The van der Waals surface area contributed by atoms with Gasteiger partial charge in [-0.3, -0.25) is 9.59 Å². The second-order valence-electron chi connectivity index (χ2n) is 15.3. The number of carbonyl (C=O) groups excluding carboxylic acids is 2. The maximum Gasteiger partial charge on any atom is 0.311 e. The molecule has 0 radical (unpaired) electrons. The Bertz CT molecular complexity index is 2060. The van der Waals surface area contributed by atoms with Gasteiger partial charge in [0.2, 0.25) is 0 Å². The average molecular weight is 697 g/mol. The minimum Gasteiger partial charge on any atom is -0.422 e. The molecule has 0 N–H and O–H groups in total. The van der Waals surface area contributed by atoms with Gasteiger partial charge >= 0.3 is 11.9 Å². The summed E-state index contributed by atoms with van der Waals surface area (Å²) in [6, 6.07) is 21.6. The molecule has 0 unspecified atom stereocenters. The lowest BCUT2D eigenvalue weighted by atomic mass is 9.82. The van der Waals surface area contributed by atoms with Crippen LogP contribution in [0.5, 0.6) is 11.5 Å². The summed E-state index contributed by atoms with van der Waals surface area (Å²) in [5.74, 6) is 0.236. The van der Waals surface area contributed by atoms with Crippen LogP contribution in [0.2, 0.25) is 0 Å². The molecule has 0 amide bonds. The van der Waals surface area contributed by atoms with Gasteiger partial charge in [-0.05, 0) is 68.1 Å². The summed E-state index contributed by atoms with van der Waals surface area (Å²) in [5, 5.41) is 13.4. The van der Waals surface area contributed by atoms with Crippen LogP contribution in [0.25, 0.3) is 64.6 Å². The molecule has 0 spiro atoms. The first-order valence-electron chi connectivity index (χ1n) is 20.6. The molecule has 0 saturated heterocycles. The maximum absolute atomic E-state index is 13.6. The average Bonchev–Trinajstić information content (AvgIpc) is 3.16. The van der Waals surface area contributed by atoms with E-state index < -0.39 is 0 Å². The Hall–Kier alpha value is -4.18. The van der Waals surface area contributed by atoms with E-state index in [-0.39, 0.29) is 11.9 Å². The SMILES string of the molecule is CCCCCCCCCCCC(=O)Oc1c(OC(=O)CCCCCCCCCCC)c2ccc3ccc4ccc5ccc6ccc1c1c6c5c4c3c21. The van der Waals surface area contributed by atoms with Crippen LogP contribution in [0.15, 0.2) is 60.7 Å². The van der Waals surface area contributed by atoms with E-state index in [9.17, 15) is 9.59 Å². The number of esters is 2. The first-order chi connectivity index (χ1) is 25.6. The van der Waals surface area contributed by atoms with E-state index in [2.05, 4.69) is 74.5 Å². The van der Waals surface area contributed by atoms with E-state index in [0.717, 1.165) is 70.8 Å². The largest absolute Gasteiger partial charge is 0.422 e. The molecule has 0 saturated carbocycles. The molecular weight excluding hydrogens is 641 g/mol. The smallest absolute Gasteiger partial charge is 0.311 e. The Morgan fingerprint density at radius 2 is 0.635 bits per heavy atom. The van der Waals surface area contributed by atoms with E-state index in [1.54, 1.807) is 0 Å². The van der Waals surface area contributed by atoms with Crippen LogP contribution in [-0.2, 0) is 9.59 Å². The van der Waals surface area contributed by atoms with Gasteiger partial charge in [-0.25, -0.2) is 0 Å². The number of ether oxygens (including phenoxy) is 2. The van der Waals surface area contributed by atoms with Crippen LogP contribution >= 0.6 is 0 Å². The fourth-order valence-corrected chi connectivity index (χ4v) is 8.70.